The van der Waals surface area contributed by atoms with E-state index in [0.717, 1.165) is 11.1 Å². The summed E-state index contributed by atoms with van der Waals surface area (Å²) in [5.74, 6) is -0.366. The quantitative estimate of drug-likeness (QED) is 0.802. The fourth-order valence-corrected chi connectivity index (χ4v) is 2.75. The van der Waals surface area contributed by atoms with E-state index in [-0.39, 0.29) is 10.8 Å². The molecular weight excluding hydrogens is 338 g/mol. The maximum atomic E-state index is 12.2. The Labute approximate surface area is 148 Å². The molecule has 25 heavy (non-hydrogen) atoms. The van der Waals surface area contributed by atoms with E-state index in [9.17, 15) is 13.2 Å². The Hall–Kier alpha value is -2.64. The normalized spacial score (nSPS) is 11.5. The van der Waals surface area contributed by atoms with Crippen LogP contribution in [0.3, 0.4) is 0 Å². The van der Waals surface area contributed by atoms with Gasteiger partial charge in [0.15, 0.2) is 0 Å². The monoisotopic (exact) mass is 359 g/mol. The number of nitrogens with zero attached hydrogens (tertiary/aromatic N) is 1. The number of benzene rings is 2. The van der Waals surface area contributed by atoms with Crippen molar-refractivity contribution in [2.24, 2.45) is 5.14 Å². The van der Waals surface area contributed by atoms with Crippen LogP contribution in [0.25, 0.3) is 6.08 Å². The Balaban J connectivity index is 2.25. The topological polar surface area (TPSA) is 92.5 Å². The molecule has 0 atom stereocenters. The number of carbonyl (C=O) groups excluding carboxylic acids is 1. The molecule has 0 heterocycles. The lowest BCUT2D eigenvalue weighted by atomic mass is 10.1. The van der Waals surface area contributed by atoms with E-state index in [1.807, 2.05) is 31.2 Å². The number of nitrogens with one attached hydrogen (secondary N) is 1. The molecule has 6 nitrogen and oxygen atoms in total. The highest BCUT2D eigenvalue weighted by atomic mass is 32.2. The van der Waals surface area contributed by atoms with Crippen LogP contribution in [0.15, 0.2) is 53.4 Å². The van der Waals surface area contributed by atoms with Gasteiger partial charge in [0.25, 0.3) is 0 Å². The highest BCUT2D eigenvalue weighted by Crippen LogP contribution is 2.27. The number of aryl methyl sites for hydroxylation is 1. The summed E-state index contributed by atoms with van der Waals surface area (Å²) >= 11 is 0. The van der Waals surface area contributed by atoms with Gasteiger partial charge < -0.3 is 10.2 Å². The molecule has 7 heteroatoms. The molecular formula is C18H21N3O3S. The number of primary sulfonamides is 1. The van der Waals surface area contributed by atoms with Crippen LogP contribution in [0, 0.1) is 6.92 Å². The zero-order chi connectivity index (χ0) is 18.6. The minimum absolute atomic E-state index is 0.0593. The third kappa shape index (κ3) is 5.17. The molecule has 0 unspecified atom stereocenters. The molecule has 0 saturated heterocycles. The maximum absolute atomic E-state index is 12.2. The minimum Gasteiger partial charge on any atom is -0.376 e. The Kier molecular flexibility index (Phi) is 5.61. The predicted molar refractivity (Wildman–Crippen MR) is 101 cm³/mol. The van der Waals surface area contributed by atoms with Crippen LogP contribution in [0.5, 0.6) is 0 Å². The third-order valence-electron chi connectivity index (χ3n) is 3.54. The highest BCUT2D eigenvalue weighted by Gasteiger charge is 2.13. The van der Waals surface area contributed by atoms with Gasteiger partial charge in [-0.25, -0.2) is 13.6 Å². The Morgan fingerprint density at radius 3 is 2.32 bits per heavy atom. The van der Waals surface area contributed by atoms with Crippen molar-refractivity contribution in [2.75, 3.05) is 24.3 Å². The van der Waals surface area contributed by atoms with E-state index in [0.29, 0.717) is 11.4 Å². The molecule has 0 bridgehead atoms. The number of nitrogens with two attached hydrogens (primary N) is 1. The van der Waals surface area contributed by atoms with Gasteiger partial charge in [0.2, 0.25) is 15.9 Å². The second-order valence-electron chi connectivity index (χ2n) is 5.85. The van der Waals surface area contributed by atoms with E-state index in [1.54, 1.807) is 31.1 Å². The molecule has 0 aliphatic heterocycles. The Morgan fingerprint density at radius 2 is 1.76 bits per heavy atom. The first-order valence-corrected chi connectivity index (χ1v) is 9.11. The molecule has 2 aromatic carbocycles. The molecule has 1 amide bonds. The molecule has 0 saturated carbocycles. The lowest BCUT2D eigenvalue weighted by Gasteiger charge is -2.18. The lowest BCUT2D eigenvalue weighted by molar-refractivity contribution is -0.111. The molecule has 0 spiro atoms. The molecule has 0 fully saturated rings. The van der Waals surface area contributed by atoms with E-state index in [2.05, 4.69) is 5.32 Å². The van der Waals surface area contributed by atoms with Crippen molar-refractivity contribution in [3.05, 3.63) is 59.7 Å². The van der Waals surface area contributed by atoms with Crippen LogP contribution in [-0.2, 0) is 14.8 Å². The van der Waals surface area contributed by atoms with Crippen LogP contribution in [-0.4, -0.2) is 28.4 Å². The van der Waals surface area contributed by atoms with Crippen molar-refractivity contribution in [1.82, 2.24) is 0 Å². The minimum atomic E-state index is -3.85. The molecule has 2 aromatic rings. The predicted octanol–water partition coefficient (Wildman–Crippen LogP) is 2.36. The van der Waals surface area contributed by atoms with Crippen molar-refractivity contribution in [1.29, 1.82) is 0 Å². The SMILES string of the molecule is Cc1ccc(/C=C/C(=O)Nc2cc(S(N)(=O)=O)ccc2N(C)C)cc1. The molecule has 132 valence electrons. The van der Waals surface area contributed by atoms with Gasteiger partial charge in [0.1, 0.15) is 0 Å². The number of carbonyl (C=O) groups is 1. The maximum Gasteiger partial charge on any atom is 0.248 e. The van der Waals surface area contributed by atoms with Crippen LogP contribution in [0.2, 0.25) is 0 Å². The first-order valence-electron chi connectivity index (χ1n) is 7.57. The zero-order valence-electron chi connectivity index (χ0n) is 14.4. The van der Waals surface area contributed by atoms with Gasteiger partial charge in [-0.1, -0.05) is 29.8 Å². The van der Waals surface area contributed by atoms with Gasteiger partial charge in [0.05, 0.1) is 16.3 Å². The molecule has 2 rings (SSSR count). The second-order valence-corrected chi connectivity index (χ2v) is 7.41. The van der Waals surface area contributed by atoms with Crippen LogP contribution >= 0.6 is 0 Å². The summed E-state index contributed by atoms with van der Waals surface area (Å²) in [5.41, 5.74) is 3.07. The molecule has 3 N–H and O–H groups in total. The van der Waals surface area contributed by atoms with Crippen LogP contribution in [0.4, 0.5) is 11.4 Å². The second kappa shape index (κ2) is 7.50. The van der Waals surface area contributed by atoms with E-state index in [1.165, 1.54) is 18.2 Å². The number of hydrogen-bond donors (Lipinski definition) is 2. The summed E-state index contributed by atoms with van der Waals surface area (Å²) in [6.45, 7) is 1.99. The van der Waals surface area contributed by atoms with Gasteiger partial charge >= 0.3 is 0 Å². The molecule has 0 aliphatic carbocycles. The van der Waals surface area contributed by atoms with Gasteiger partial charge in [-0.05, 0) is 36.8 Å². The highest BCUT2D eigenvalue weighted by molar-refractivity contribution is 7.89. The van der Waals surface area contributed by atoms with Crippen molar-refractivity contribution in [3.63, 3.8) is 0 Å². The first-order chi connectivity index (χ1) is 11.7. The number of hydrogen-bond acceptors (Lipinski definition) is 4. The van der Waals surface area contributed by atoms with Crippen LogP contribution in [0.1, 0.15) is 11.1 Å². The average Bonchev–Trinajstić information content (AvgIpc) is 2.53. The first kappa shape index (κ1) is 18.7. The zero-order valence-corrected chi connectivity index (χ0v) is 15.2. The standard InChI is InChI=1S/C18H21N3O3S/c1-13-4-6-14(7-5-13)8-11-18(22)20-16-12-15(25(19,23)24)9-10-17(16)21(2)3/h4-12H,1-3H3,(H,20,22)(H2,19,23,24)/b11-8+. The third-order valence-corrected chi connectivity index (χ3v) is 4.45. The number of sulfonamides is 1. The number of rotatable bonds is 5. The fourth-order valence-electron chi connectivity index (χ4n) is 2.21. The Morgan fingerprint density at radius 1 is 1.12 bits per heavy atom. The Bertz CT molecular complexity index is 902. The molecule has 0 aromatic heterocycles. The summed E-state index contributed by atoms with van der Waals surface area (Å²) in [6.07, 6.45) is 3.08. The van der Waals surface area contributed by atoms with Crippen molar-refractivity contribution >= 4 is 33.4 Å². The van der Waals surface area contributed by atoms with Gasteiger partial charge in [-0.2, -0.15) is 0 Å². The van der Waals surface area contributed by atoms with Gasteiger partial charge in [0, 0.05) is 20.2 Å². The largest absolute Gasteiger partial charge is 0.376 e. The van der Waals surface area contributed by atoms with Crippen molar-refractivity contribution < 1.29 is 13.2 Å². The van der Waals surface area contributed by atoms with E-state index in [4.69, 9.17) is 5.14 Å². The summed E-state index contributed by atoms with van der Waals surface area (Å²) < 4.78 is 23.1. The lowest BCUT2D eigenvalue weighted by Crippen LogP contribution is -2.17. The summed E-state index contributed by atoms with van der Waals surface area (Å²) in [4.78, 5) is 13.9. The van der Waals surface area contributed by atoms with Crippen LogP contribution < -0.4 is 15.4 Å². The fraction of sp³-hybridized carbons (Fsp3) is 0.167. The smallest absolute Gasteiger partial charge is 0.248 e. The number of anilines is 2. The van der Waals surface area contributed by atoms with E-state index < -0.39 is 10.0 Å². The summed E-state index contributed by atoms with van der Waals surface area (Å²) in [6, 6.07) is 12.1. The van der Waals surface area contributed by atoms with Crippen molar-refractivity contribution in [3.8, 4) is 0 Å². The average molecular weight is 359 g/mol. The summed E-state index contributed by atoms with van der Waals surface area (Å²) in [7, 11) is -0.260. The van der Waals surface area contributed by atoms with Crippen molar-refractivity contribution in [2.45, 2.75) is 11.8 Å². The summed E-state index contributed by atoms with van der Waals surface area (Å²) in [5, 5.41) is 7.86. The van der Waals surface area contributed by atoms with Gasteiger partial charge in [-0.15, -0.1) is 0 Å². The molecule has 0 radical (unpaired) electrons. The van der Waals surface area contributed by atoms with Gasteiger partial charge in [-0.3, -0.25) is 4.79 Å². The van der Waals surface area contributed by atoms with E-state index >= 15 is 0 Å². The molecule has 0 aliphatic rings. The number of amides is 1.